The maximum absolute atomic E-state index is 11.5. The Morgan fingerprint density at radius 2 is 1.55 bits per heavy atom. The molecule has 0 spiro atoms. The lowest BCUT2D eigenvalue weighted by Crippen LogP contribution is -2.03. The van der Waals surface area contributed by atoms with Gasteiger partial charge in [-0.05, 0) is 68.3 Å². The number of carbonyl (C=O) groups is 1. The van der Waals surface area contributed by atoms with Gasteiger partial charge in [0.2, 0.25) is 0 Å². The predicted molar refractivity (Wildman–Crippen MR) is 124 cm³/mol. The molecule has 2 aromatic carbocycles. The fourth-order valence-electron chi connectivity index (χ4n) is 3.12. The Hall–Kier alpha value is -2.93. The van der Waals surface area contributed by atoms with Crippen molar-refractivity contribution in [1.29, 1.82) is 0 Å². The van der Waals surface area contributed by atoms with E-state index in [9.17, 15) is 4.79 Å². The van der Waals surface area contributed by atoms with E-state index in [2.05, 4.69) is 4.98 Å². The van der Waals surface area contributed by atoms with Crippen molar-refractivity contribution in [3.8, 4) is 34.0 Å². The molecule has 1 aromatic heterocycles. The maximum Gasteiger partial charge on any atom is 0.305 e. The summed E-state index contributed by atoms with van der Waals surface area (Å²) in [6.07, 6.45) is 2.18. The molecule has 0 aliphatic carbocycles. The molecular formula is C24H28N2O4S. The van der Waals surface area contributed by atoms with Gasteiger partial charge >= 0.3 is 5.97 Å². The van der Waals surface area contributed by atoms with Crippen LogP contribution in [0.15, 0.2) is 53.7 Å². The smallest absolute Gasteiger partial charge is 0.305 e. The number of carbonyl (C=O) groups excluding carboxylic acids is 1. The summed E-state index contributed by atoms with van der Waals surface area (Å²) in [5.74, 6) is 2.36. The average molecular weight is 441 g/mol. The molecule has 0 unspecified atom stereocenters. The van der Waals surface area contributed by atoms with Gasteiger partial charge in [-0.2, -0.15) is 0 Å². The molecule has 1 heterocycles. The van der Waals surface area contributed by atoms with Gasteiger partial charge in [-0.3, -0.25) is 4.79 Å². The highest BCUT2D eigenvalue weighted by atomic mass is 32.2. The molecule has 0 fully saturated rings. The van der Waals surface area contributed by atoms with Gasteiger partial charge in [0.25, 0.3) is 0 Å². The van der Waals surface area contributed by atoms with Gasteiger partial charge in [0.05, 0.1) is 32.2 Å². The summed E-state index contributed by atoms with van der Waals surface area (Å²) in [5.41, 5.74) is 3.90. The third kappa shape index (κ3) is 6.28. The van der Waals surface area contributed by atoms with Crippen molar-refractivity contribution in [1.82, 2.24) is 9.97 Å². The molecule has 0 saturated carbocycles. The van der Waals surface area contributed by atoms with Gasteiger partial charge in [-0.1, -0.05) is 11.8 Å². The van der Waals surface area contributed by atoms with E-state index in [1.54, 1.807) is 26.0 Å². The number of nitrogens with zero attached hydrogens (tertiary/aromatic N) is 1. The summed E-state index contributed by atoms with van der Waals surface area (Å²) >= 11 is 1.66. The number of ether oxygens (including phenoxy) is 3. The molecule has 0 saturated heterocycles. The van der Waals surface area contributed by atoms with Crippen LogP contribution < -0.4 is 9.47 Å². The second kappa shape index (κ2) is 11.5. The van der Waals surface area contributed by atoms with Gasteiger partial charge in [-0.25, -0.2) is 4.98 Å². The number of H-pyrrole nitrogens is 1. The largest absolute Gasteiger partial charge is 0.497 e. The van der Waals surface area contributed by atoms with Crippen LogP contribution in [0.2, 0.25) is 0 Å². The number of hydrogen-bond donors (Lipinski definition) is 1. The highest BCUT2D eigenvalue weighted by Crippen LogP contribution is 2.34. The molecule has 3 aromatic rings. The zero-order chi connectivity index (χ0) is 22.1. The predicted octanol–water partition coefficient (Wildman–Crippen LogP) is 5.59. The van der Waals surface area contributed by atoms with Crippen molar-refractivity contribution >= 4 is 17.7 Å². The number of thioether (sulfide) groups is 1. The lowest BCUT2D eigenvalue weighted by molar-refractivity contribution is -0.143. The van der Waals surface area contributed by atoms with Crippen molar-refractivity contribution in [3.05, 3.63) is 48.5 Å². The van der Waals surface area contributed by atoms with Gasteiger partial charge in [0.1, 0.15) is 11.5 Å². The summed E-state index contributed by atoms with van der Waals surface area (Å²) in [6, 6.07) is 15.8. The summed E-state index contributed by atoms with van der Waals surface area (Å²) in [5, 5.41) is 0.854. The minimum atomic E-state index is -0.130. The molecule has 0 atom stereocenters. The normalized spacial score (nSPS) is 10.7. The Labute approximate surface area is 187 Å². The number of methoxy groups -OCH3 is 2. The first-order valence-electron chi connectivity index (χ1n) is 10.3. The van der Waals surface area contributed by atoms with Crippen molar-refractivity contribution in [2.24, 2.45) is 0 Å². The number of imidazole rings is 1. The molecule has 1 N–H and O–H groups in total. The van der Waals surface area contributed by atoms with Crippen molar-refractivity contribution in [2.75, 3.05) is 26.6 Å². The van der Waals surface area contributed by atoms with Crippen LogP contribution in [0.1, 0.15) is 26.2 Å². The van der Waals surface area contributed by atoms with Gasteiger partial charge in [0.15, 0.2) is 5.16 Å². The first-order valence-corrected chi connectivity index (χ1v) is 11.3. The summed E-state index contributed by atoms with van der Waals surface area (Å²) in [4.78, 5) is 19.8. The quantitative estimate of drug-likeness (QED) is 0.238. The monoisotopic (exact) mass is 440 g/mol. The second-order valence-electron chi connectivity index (χ2n) is 6.83. The highest BCUT2D eigenvalue weighted by molar-refractivity contribution is 7.99. The minimum Gasteiger partial charge on any atom is -0.497 e. The fourth-order valence-corrected chi connectivity index (χ4v) is 3.99. The van der Waals surface area contributed by atoms with Gasteiger partial charge in [0, 0.05) is 23.3 Å². The molecule has 0 radical (unpaired) electrons. The Morgan fingerprint density at radius 3 is 2.13 bits per heavy atom. The number of esters is 1. The topological polar surface area (TPSA) is 73.4 Å². The highest BCUT2D eigenvalue weighted by Gasteiger charge is 2.15. The van der Waals surface area contributed by atoms with E-state index < -0.39 is 0 Å². The van der Waals surface area contributed by atoms with E-state index in [1.807, 2.05) is 55.5 Å². The first-order chi connectivity index (χ1) is 15.1. The van der Waals surface area contributed by atoms with Crippen LogP contribution in [0.4, 0.5) is 0 Å². The number of unbranched alkanes of at least 4 members (excludes halogenated alkanes) is 1. The SMILES string of the molecule is CCOC(=O)CCCCSc1nc(-c2ccc(OC)cc2)c(-c2ccc(OC)cc2)[nH]1. The van der Waals surface area contributed by atoms with Gasteiger partial charge in [-0.15, -0.1) is 0 Å². The van der Waals surface area contributed by atoms with E-state index in [0.717, 1.165) is 57.8 Å². The number of aromatic amines is 1. The number of rotatable bonds is 11. The molecule has 3 rings (SSSR count). The van der Waals surface area contributed by atoms with Crippen LogP contribution in [0.3, 0.4) is 0 Å². The molecule has 0 aliphatic heterocycles. The second-order valence-corrected chi connectivity index (χ2v) is 7.92. The van der Waals surface area contributed by atoms with Crippen molar-refractivity contribution < 1.29 is 19.0 Å². The molecule has 0 bridgehead atoms. The van der Waals surface area contributed by atoms with Crippen LogP contribution >= 0.6 is 11.8 Å². The Morgan fingerprint density at radius 1 is 0.935 bits per heavy atom. The minimum absolute atomic E-state index is 0.130. The van der Waals surface area contributed by atoms with E-state index in [1.165, 1.54) is 0 Å². The first kappa shape index (κ1) is 22.7. The third-order valence-electron chi connectivity index (χ3n) is 4.74. The standard InChI is InChI=1S/C24H28N2O4S/c1-4-30-21(27)7-5-6-16-31-24-25-22(17-8-12-19(28-2)13-9-17)23(26-24)18-10-14-20(29-3)15-11-18/h8-15H,4-7,16H2,1-3H3,(H,25,26). The van der Waals surface area contributed by atoms with E-state index >= 15 is 0 Å². The molecule has 31 heavy (non-hydrogen) atoms. The molecule has 6 nitrogen and oxygen atoms in total. The zero-order valence-electron chi connectivity index (χ0n) is 18.1. The van der Waals surface area contributed by atoms with Crippen LogP contribution in [-0.4, -0.2) is 42.5 Å². The van der Waals surface area contributed by atoms with Crippen LogP contribution in [-0.2, 0) is 9.53 Å². The Bertz CT molecular complexity index is 903. The summed E-state index contributed by atoms with van der Waals surface area (Å²) in [6.45, 7) is 2.26. The lowest BCUT2D eigenvalue weighted by atomic mass is 10.0. The summed E-state index contributed by atoms with van der Waals surface area (Å²) in [7, 11) is 3.31. The summed E-state index contributed by atoms with van der Waals surface area (Å²) < 4.78 is 15.5. The maximum atomic E-state index is 11.5. The molecule has 0 aliphatic rings. The molecule has 164 valence electrons. The Kier molecular flexibility index (Phi) is 8.41. The number of hydrogen-bond acceptors (Lipinski definition) is 6. The van der Waals surface area contributed by atoms with Crippen molar-refractivity contribution in [2.45, 2.75) is 31.3 Å². The van der Waals surface area contributed by atoms with Crippen molar-refractivity contribution in [3.63, 3.8) is 0 Å². The fraction of sp³-hybridized carbons (Fsp3) is 0.333. The molecule has 7 heteroatoms. The number of nitrogens with one attached hydrogen (secondary N) is 1. The average Bonchev–Trinajstić information content (AvgIpc) is 3.23. The Balaban J connectivity index is 1.76. The van der Waals surface area contributed by atoms with E-state index in [-0.39, 0.29) is 5.97 Å². The molecular weight excluding hydrogens is 412 g/mol. The van der Waals surface area contributed by atoms with Crippen LogP contribution in [0.25, 0.3) is 22.5 Å². The third-order valence-corrected chi connectivity index (χ3v) is 5.70. The van der Waals surface area contributed by atoms with Gasteiger partial charge < -0.3 is 19.2 Å². The van der Waals surface area contributed by atoms with E-state index in [0.29, 0.717) is 13.0 Å². The van der Waals surface area contributed by atoms with Crippen LogP contribution in [0, 0.1) is 0 Å². The number of benzene rings is 2. The number of aromatic nitrogens is 2. The van der Waals surface area contributed by atoms with Crippen LogP contribution in [0.5, 0.6) is 11.5 Å². The zero-order valence-corrected chi connectivity index (χ0v) is 19.0. The lowest BCUT2D eigenvalue weighted by Gasteiger charge is -2.06. The van der Waals surface area contributed by atoms with E-state index in [4.69, 9.17) is 19.2 Å². The molecule has 0 amide bonds.